The van der Waals surface area contributed by atoms with Crippen LogP contribution in [-0.2, 0) is 16.0 Å². The Morgan fingerprint density at radius 1 is 1.18 bits per heavy atom. The third kappa shape index (κ3) is 6.50. The molecule has 0 saturated heterocycles. The predicted molar refractivity (Wildman–Crippen MR) is 110 cm³/mol. The quantitative estimate of drug-likeness (QED) is 0.500. The van der Waals surface area contributed by atoms with E-state index in [0.29, 0.717) is 26.4 Å². The highest BCUT2D eigenvalue weighted by Gasteiger charge is 2.17. The van der Waals surface area contributed by atoms with Gasteiger partial charge in [-0.05, 0) is 49.7 Å². The van der Waals surface area contributed by atoms with Gasteiger partial charge in [-0.2, -0.15) is 0 Å². The number of halogens is 4. The molecule has 0 aliphatic heterocycles. The molecule has 2 aromatic rings. The van der Waals surface area contributed by atoms with Crippen LogP contribution in [-0.4, -0.2) is 30.0 Å². The molecule has 9 heteroatoms. The smallest absolute Gasteiger partial charge is 0.226 e. The normalized spacial score (nSPS) is 11.4. The van der Waals surface area contributed by atoms with Gasteiger partial charge in [-0.25, -0.2) is 4.39 Å². The van der Waals surface area contributed by atoms with E-state index < -0.39 is 17.3 Å². The van der Waals surface area contributed by atoms with Crippen molar-refractivity contribution in [2.24, 2.45) is 0 Å². The maximum atomic E-state index is 14.1. The molecule has 0 aliphatic rings. The lowest BCUT2D eigenvalue weighted by Gasteiger charge is -2.22. The zero-order valence-corrected chi connectivity index (χ0v) is 17.6. The van der Waals surface area contributed by atoms with E-state index in [1.54, 1.807) is 13.8 Å². The lowest BCUT2D eigenvalue weighted by molar-refractivity contribution is -0.125. The predicted octanol–water partition coefficient (Wildman–Crippen LogP) is 4.93. The number of ether oxygens (including phenoxy) is 1. The second-order valence-electron chi connectivity index (χ2n) is 6.66. The Labute approximate surface area is 177 Å². The van der Waals surface area contributed by atoms with Crippen LogP contribution in [0.3, 0.4) is 0 Å². The summed E-state index contributed by atoms with van der Waals surface area (Å²) in [6, 6.07) is 7.31. The Hall–Kier alpha value is -1.57. The number of aliphatic hydroxyl groups is 1. The van der Waals surface area contributed by atoms with Crippen LogP contribution in [0.5, 0.6) is 0 Å². The minimum Gasteiger partial charge on any atom is -0.393 e. The Morgan fingerprint density at radius 3 is 2.43 bits per heavy atom. The van der Waals surface area contributed by atoms with Crippen LogP contribution in [0.2, 0.25) is 15.1 Å². The number of nitrogens with one attached hydrogen (secondary N) is 2. The lowest BCUT2D eigenvalue weighted by Crippen LogP contribution is -2.36. The largest absolute Gasteiger partial charge is 0.393 e. The number of rotatable bonds is 8. The molecule has 0 radical (unpaired) electrons. The maximum absolute atomic E-state index is 14.1. The minimum atomic E-state index is -0.778. The van der Waals surface area contributed by atoms with E-state index in [9.17, 15) is 9.18 Å². The topological polar surface area (TPSA) is 70.6 Å². The van der Waals surface area contributed by atoms with Gasteiger partial charge in [-0.1, -0.05) is 34.8 Å². The Balaban J connectivity index is 2.06. The standard InChI is InChI=1S/C19H20Cl3FN2O3/c1-19(2,9-26)28-10-24-17(27)6-11-5-13(3-4-16(11)23)25-18-14(21)7-12(20)8-15(18)22/h3-5,7-8,25-26H,6,9-10H2,1-2H3,(H,24,27). The van der Waals surface area contributed by atoms with Gasteiger partial charge >= 0.3 is 0 Å². The van der Waals surface area contributed by atoms with Crippen molar-refractivity contribution in [2.75, 3.05) is 18.7 Å². The summed E-state index contributed by atoms with van der Waals surface area (Å²) < 4.78 is 19.4. The summed E-state index contributed by atoms with van der Waals surface area (Å²) >= 11 is 18.2. The molecule has 3 N–H and O–H groups in total. The fourth-order valence-electron chi connectivity index (χ4n) is 2.19. The summed E-state index contributed by atoms with van der Waals surface area (Å²) in [6.45, 7) is 3.07. The van der Waals surface area contributed by atoms with Gasteiger partial charge in [0.1, 0.15) is 12.5 Å². The van der Waals surface area contributed by atoms with Crippen LogP contribution in [0, 0.1) is 5.82 Å². The average Bonchev–Trinajstić information content (AvgIpc) is 2.60. The lowest BCUT2D eigenvalue weighted by atomic mass is 10.1. The van der Waals surface area contributed by atoms with Crippen LogP contribution in [0.1, 0.15) is 19.4 Å². The van der Waals surface area contributed by atoms with E-state index in [0.717, 1.165) is 0 Å². The molecule has 0 spiro atoms. The number of carbonyl (C=O) groups excluding carboxylic acids is 1. The van der Waals surface area contributed by atoms with Crippen molar-refractivity contribution < 1.29 is 19.0 Å². The molecule has 0 saturated carbocycles. The summed E-state index contributed by atoms with van der Waals surface area (Å²) in [7, 11) is 0. The molecule has 28 heavy (non-hydrogen) atoms. The first kappa shape index (κ1) is 22.7. The van der Waals surface area contributed by atoms with Gasteiger partial charge in [0.25, 0.3) is 0 Å². The molecule has 0 aliphatic carbocycles. The van der Waals surface area contributed by atoms with E-state index in [-0.39, 0.29) is 25.3 Å². The molecule has 0 aromatic heterocycles. The van der Waals surface area contributed by atoms with Crippen molar-refractivity contribution in [1.29, 1.82) is 0 Å². The number of benzene rings is 2. The summed E-state index contributed by atoms with van der Waals surface area (Å²) in [4.78, 5) is 12.1. The summed E-state index contributed by atoms with van der Waals surface area (Å²) in [5.74, 6) is -0.946. The SMILES string of the molecule is CC(C)(CO)OCNC(=O)Cc1cc(Nc2c(Cl)cc(Cl)cc2Cl)ccc1F. The highest BCUT2D eigenvalue weighted by atomic mass is 35.5. The first-order valence-electron chi connectivity index (χ1n) is 8.33. The van der Waals surface area contributed by atoms with Gasteiger partial charge in [0.2, 0.25) is 5.91 Å². The van der Waals surface area contributed by atoms with Crippen LogP contribution >= 0.6 is 34.8 Å². The van der Waals surface area contributed by atoms with Crippen molar-refractivity contribution in [3.8, 4) is 0 Å². The van der Waals surface area contributed by atoms with Crippen LogP contribution < -0.4 is 10.6 Å². The number of aliphatic hydroxyl groups excluding tert-OH is 1. The number of hydrogen-bond donors (Lipinski definition) is 3. The van der Waals surface area contributed by atoms with E-state index in [2.05, 4.69) is 10.6 Å². The highest BCUT2D eigenvalue weighted by Crippen LogP contribution is 2.36. The van der Waals surface area contributed by atoms with E-state index in [1.165, 1.54) is 30.3 Å². The maximum Gasteiger partial charge on any atom is 0.226 e. The fourth-order valence-corrected chi connectivity index (χ4v) is 3.10. The Bertz CT molecular complexity index is 839. The summed E-state index contributed by atoms with van der Waals surface area (Å²) in [5, 5.41) is 15.7. The van der Waals surface area contributed by atoms with Gasteiger partial charge in [0, 0.05) is 10.7 Å². The van der Waals surface area contributed by atoms with Crippen molar-refractivity contribution in [3.63, 3.8) is 0 Å². The number of carbonyl (C=O) groups is 1. The monoisotopic (exact) mass is 448 g/mol. The van der Waals surface area contributed by atoms with Crippen molar-refractivity contribution in [3.05, 3.63) is 56.8 Å². The molecule has 2 rings (SSSR count). The highest BCUT2D eigenvalue weighted by molar-refractivity contribution is 6.41. The Kier molecular flexibility index (Phi) is 7.92. The fraction of sp³-hybridized carbons (Fsp3) is 0.316. The van der Waals surface area contributed by atoms with Gasteiger partial charge in [-0.15, -0.1) is 0 Å². The van der Waals surface area contributed by atoms with Crippen LogP contribution in [0.4, 0.5) is 15.8 Å². The second-order valence-corrected chi connectivity index (χ2v) is 7.91. The molecule has 5 nitrogen and oxygen atoms in total. The van der Waals surface area contributed by atoms with Gasteiger partial charge in [-0.3, -0.25) is 4.79 Å². The second kappa shape index (κ2) is 9.76. The number of amides is 1. The molecule has 0 fully saturated rings. The summed E-state index contributed by atoms with van der Waals surface area (Å²) in [6.07, 6.45) is -0.188. The molecule has 0 atom stereocenters. The molecule has 152 valence electrons. The van der Waals surface area contributed by atoms with E-state index in [1.807, 2.05) is 0 Å². The zero-order chi connectivity index (χ0) is 20.9. The van der Waals surface area contributed by atoms with Crippen LogP contribution in [0.15, 0.2) is 30.3 Å². The molecular weight excluding hydrogens is 430 g/mol. The molecule has 0 heterocycles. The van der Waals surface area contributed by atoms with Gasteiger partial charge < -0.3 is 20.5 Å². The molecule has 2 aromatic carbocycles. The number of hydrogen-bond acceptors (Lipinski definition) is 4. The summed E-state index contributed by atoms with van der Waals surface area (Å²) in [5.41, 5.74) is 0.340. The van der Waals surface area contributed by atoms with Crippen molar-refractivity contribution in [2.45, 2.75) is 25.9 Å². The molecule has 0 bridgehead atoms. The van der Waals surface area contributed by atoms with E-state index in [4.69, 9.17) is 44.6 Å². The molecular formula is C19H20Cl3FN2O3. The van der Waals surface area contributed by atoms with E-state index >= 15 is 0 Å². The molecule has 1 amide bonds. The minimum absolute atomic E-state index is 0.0953. The third-order valence-corrected chi connectivity index (χ3v) is 4.60. The van der Waals surface area contributed by atoms with Crippen molar-refractivity contribution >= 4 is 52.1 Å². The van der Waals surface area contributed by atoms with Crippen LogP contribution in [0.25, 0.3) is 0 Å². The van der Waals surface area contributed by atoms with Crippen molar-refractivity contribution in [1.82, 2.24) is 5.32 Å². The Morgan fingerprint density at radius 2 is 1.82 bits per heavy atom. The zero-order valence-electron chi connectivity index (χ0n) is 15.3. The average molecular weight is 450 g/mol. The first-order chi connectivity index (χ1) is 13.1. The third-order valence-electron chi connectivity index (χ3n) is 3.79. The van der Waals surface area contributed by atoms with Gasteiger partial charge in [0.05, 0.1) is 34.4 Å². The van der Waals surface area contributed by atoms with Gasteiger partial charge in [0.15, 0.2) is 0 Å². The molecule has 0 unspecified atom stereocenters. The number of anilines is 2. The first-order valence-corrected chi connectivity index (χ1v) is 9.46.